The zero-order chi connectivity index (χ0) is 23.9. The first-order valence-electron chi connectivity index (χ1n) is 10.8. The minimum Gasteiger partial charge on any atom is -0.493 e. The third-order valence-corrected chi connectivity index (χ3v) is 6.38. The van der Waals surface area contributed by atoms with Crippen LogP contribution in [0.5, 0.6) is 23.0 Å². The molecular formula is C27H28N2O4S. The Kier molecular flexibility index (Phi) is 7.54. The lowest BCUT2D eigenvalue weighted by Gasteiger charge is -2.23. The fourth-order valence-electron chi connectivity index (χ4n) is 3.74. The van der Waals surface area contributed by atoms with Crippen LogP contribution >= 0.6 is 11.3 Å². The lowest BCUT2D eigenvalue weighted by atomic mass is 10.1. The molecule has 34 heavy (non-hydrogen) atoms. The van der Waals surface area contributed by atoms with Gasteiger partial charge in [-0.1, -0.05) is 42.5 Å². The van der Waals surface area contributed by atoms with Gasteiger partial charge in [0.1, 0.15) is 0 Å². The van der Waals surface area contributed by atoms with Gasteiger partial charge in [-0.2, -0.15) is 0 Å². The van der Waals surface area contributed by atoms with Crippen molar-refractivity contribution in [2.45, 2.75) is 13.1 Å². The molecule has 0 aliphatic heterocycles. The number of hydrogen-bond acceptors (Lipinski definition) is 7. The van der Waals surface area contributed by atoms with E-state index in [2.05, 4.69) is 34.5 Å². The molecule has 0 N–H and O–H groups in total. The summed E-state index contributed by atoms with van der Waals surface area (Å²) in [4.78, 5) is 7.21. The fourth-order valence-corrected chi connectivity index (χ4v) is 4.58. The monoisotopic (exact) mass is 476 g/mol. The van der Waals surface area contributed by atoms with Crippen molar-refractivity contribution in [3.63, 3.8) is 0 Å². The molecule has 6 nitrogen and oxygen atoms in total. The van der Waals surface area contributed by atoms with Gasteiger partial charge in [0.05, 0.1) is 34.1 Å². The number of rotatable bonds is 10. The van der Waals surface area contributed by atoms with Crippen LogP contribution in [0.15, 0.2) is 72.1 Å². The van der Waals surface area contributed by atoms with Crippen molar-refractivity contribution in [1.29, 1.82) is 0 Å². The molecule has 0 aliphatic rings. The molecule has 0 radical (unpaired) electrons. The Balaban J connectivity index is 1.67. The Morgan fingerprint density at radius 3 is 1.71 bits per heavy atom. The molecule has 0 saturated carbocycles. The van der Waals surface area contributed by atoms with E-state index in [0.717, 1.165) is 27.5 Å². The number of thiazole rings is 1. The first kappa shape index (κ1) is 23.4. The summed E-state index contributed by atoms with van der Waals surface area (Å²) in [5, 5.41) is 3.03. The van der Waals surface area contributed by atoms with E-state index in [4.69, 9.17) is 23.9 Å². The van der Waals surface area contributed by atoms with E-state index < -0.39 is 0 Å². The second kappa shape index (κ2) is 10.9. The normalized spacial score (nSPS) is 10.6. The molecule has 4 aromatic rings. The van der Waals surface area contributed by atoms with Gasteiger partial charge in [-0.05, 0) is 35.4 Å². The van der Waals surface area contributed by atoms with E-state index in [-0.39, 0.29) is 0 Å². The quantitative estimate of drug-likeness (QED) is 0.278. The predicted octanol–water partition coefficient (Wildman–Crippen LogP) is 6.05. The lowest BCUT2D eigenvalue weighted by molar-refractivity contribution is 0.354. The maximum absolute atomic E-state index is 5.51. The highest BCUT2D eigenvalue weighted by Crippen LogP contribution is 2.33. The second-order valence-electron chi connectivity index (χ2n) is 7.62. The first-order valence-corrected chi connectivity index (χ1v) is 11.7. The molecule has 1 heterocycles. The number of anilines is 1. The van der Waals surface area contributed by atoms with Gasteiger partial charge in [0.2, 0.25) is 0 Å². The summed E-state index contributed by atoms with van der Waals surface area (Å²) in [5.41, 5.74) is 4.25. The van der Waals surface area contributed by atoms with Gasteiger partial charge in [0, 0.05) is 24.0 Å². The number of methoxy groups -OCH3 is 4. The van der Waals surface area contributed by atoms with Gasteiger partial charge in [-0.25, -0.2) is 4.98 Å². The van der Waals surface area contributed by atoms with Crippen LogP contribution < -0.4 is 23.8 Å². The summed E-state index contributed by atoms with van der Waals surface area (Å²) in [6, 6.07) is 22.2. The molecule has 0 bridgehead atoms. The van der Waals surface area contributed by atoms with Crippen LogP contribution in [0, 0.1) is 0 Å². The summed E-state index contributed by atoms with van der Waals surface area (Å²) >= 11 is 1.63. The molecular weight excluding hydrogens is 448 g/mol. The summed E-state index contributed by atoms with van der Waals surface area (Å²) in [6.07, 6.45) is 0. The number of ether oxygens (including phenoxy) is 4. The largest absolute Gasteiger partial charge is 0.493 e. The van der Waals surface area contributed by atoms with Crippen LogP contribution in [0.4, 0.5) is 5.13 Å². The Morgan fingerprint density at radius 2 is 1.21 bits per heavy atom. The van der Waals surface area contributed by atoms with Crippen molar-refractivity contribution < 1.29 is 18.9 Å². The fraction of sp³-hybridized carbons (Fsp3) is 0.222. The molecule has 0 spiro atoms. The third kappa shape index (κ3) is 5.26. The maximum atomic E-state index is 5.51. The standard InChI is InChI=1S/C27H28N2O4S/c1-30-23-12-10-19(14-25(23)32-3)16-29(17-20-11-13-24(31-2)26(15-20)33-4)27-28-22(18-34-27)21-8-6-5-7-9-21/h5-15,18H,16-17H2,1-4H3. The molecule has 0 saturated heterocycles. The van der Waals surface area contributed by atoms with Crippen molar-refractivity contribution in [3.05, 3.63) is 83.2 Å². The van der Waals surface area contributed by atoms with Crippen molar-refractivity contribution in [1.82, 2.24) is 4.98 Å². The zero-order valence-electron chi connectivity index (χ0n) is 19.8. The third-order valence-electron chi connectivity index (χ3n) is 5.47. The highest BCUT2D eigenvalue weighted by molar-refractivity contribution is 7.14. The molecule has 4 rings (SSSR count). The van der Waals surface area contributed by atoms with E-state index in [1.807, 2.05) is 42.5 Å². The number of hydrogen-bond donors (Lipinski definition) is 0. The molecule has 0 aliphatic carbocycles. The van der Waals surface area contributed by atoms with Gasteiger partial charge >= 0.3 is 0 Å². The summed E-state index contributed by atoms with van der Waals surface area (Å²) in [5.74, 6) is 2.82. The molecule has 176 valence electrons. The predicted molar refractivity (Wildman–Crippen MR) is 137 cm³/mol. The number of benzene rings is 3. The summed E-state index contributed by atoms with van der Waals surface area (Å²) in [6.45, 7) is 1.30. The van der Waals surface area contributed by atoms with E-state index >= 15 is 0 Å². The Labute approximate surface area is 204 Å². The van der Waals surface area contributed by atoms with Crippen LogP contribution in [-0.4, -0.2) is 33.4 Å². The molecule has 0 unspecified atom stereocenters. The Morgan fingerprint density at radius 1 is 0.676 bits per heavy atom. The number of aromatic nitrogens is 1. The lowest BCUT2D eigenvalue weighted by Crippen LogP contribution is -2.22. The van der Waals surface area contributed by atoms with Crippen LogP contribution in [0.2, 0.25) is 0 Å². The van der Waals surface area contributed by atoms with Gasteiger partial charge in [0.15, 0.2) is 28.1 Å². The minimum atomic E-state index is 0.649. The molecule has 0 amide bonds. The summed E-state index contributed by atoms with van der Waals surface area (Å²) in [7, 11) is 6.58. The highest BCUT2D eigenvalue weighted by atomic mass is 32.1. The van der Waals surface area contributed by atoms with Crippen molar-refractivity contribution in [3.8, 4) is 34.3 Å². The van der Waals surface area contributed by atoms with E-state index in [1.165, 1.54) is 0 Å². The smallest absolute Gasteiger partial charge is 0.186 e. The molecule has 1 aromatic heterocycles. The number of nitrogens with zero attached hydrogens (tertiary/aromatic N) is 2. The van der Waals surface area contributed by atoms with Crippen LogP contribution in [0.3, 0.4) is 0 Å². The first-order chi connectivity index (χ1) is 16.6. The average Bonchev–Trinajstić information content (AvgIpc) is 3.39. The Bertz CT molecular complexity index is 1170. The van der Waals surface area contributed by atoms with Gasteiger partial charge in [-0.15, -0.1) is 11.3 Å². The van der Waals surface area contributed by atoms with E-state index in [1.54, 1.807) is 39.8 Å². The van der Waals surface area contributed by atoms with Gasteiger partial charge in [-0.3, -0.25) is 0 Å². The second-order valence-corrected chi connectivity index (χ2v) is 8.45. The summed E-state index contributed by atoms with van der Waals surface area (Å²) < 4.78 is 21.8. The minimum absolute atomic E-state index is 0.649. The van der Waals surface area contributed by atoms with E-state index in [0.29, 0.717) is 36.1 Å². The highest BCUT2D eigenvalue weighted by Gasteiger charge is 2.16. The molecule has 0 atom stereocenters. The van der Waals surface area contributed by atoms with Gasteiger partial charge in [0.25, 0.3) is 0 Å². The SMILES string of the molecule is COc1ccc(CN(Cc2ccc(OC)c(OC)c2)c2nc(-c3ccccc3)cs2)cc1OC. The van der Waals surface area contributed by atoms with E-state index in [9.17, 15) is 0 Å². The van der Waals surface area contributed by atoms with Crippen LogP contribution in [-0.2, 0) is 13.1 Å². The van der Waals surface area contributed by atoms with Crippen molar-refractivity contribution in [2.24, 2.45) is 0 Å². The molecule has 3 aromatic carbocycles. The van der Waals surface area contributed by atoms with Crippen LogP contribution in [0.1, 0.15) is 11.1 Å². The maximum Gasteiger partial charge on any atom is 0.186 e. The van der Waals surface area contributed by atoms with Gasteiger partial charge < -0.3 is 23.8 Å². The Hall–Kier alpha value is -3.71. The van der Waals surface area contributed by atoms with Crippen molar-refractivity contribution >= 4 is 16.5 Å². The molecule has 0 fully saturated rings. The zero-order valence-corrected chi connectivity index (χ0v) is 20.6. The van der Waals surface area contributed by atoms with Crippen LogP contribution in [0.25, 0.3) is 11.3 Å². The topological polar surface area (TPSA) is 53.1 Å². The molecule has 7 heteroatoms. The average molecular weight is 477 g/mol. The van der Waals surface area contributed by atoms with Crippen molar-refractivity contribution in [2.75, 3.05) is 33.3 Å².